The Morgan fingerprint density at radius 3 is 2.48 bits per heavy atom. The summed E-state index contributed by atoms with van der Waals surface area (Å²) < 4.78 is 0. The van der Waals surface area contributed by atoms with Crippen molar-refractivity contribution in [3.63, 3.8) is 0 Å². The zero-order valence-electron chi connectivity index (χ0n) is 16.7. The Kier molecular flexibility index (Phi) is 6.08. The fourth-order valence-electron chi connectivity index (χ4n) is 4.21. The van der Waals surface area contributed by atoms with Crippen LogP contribution >= 0.6 is 0 Å². The normalized spacial score (nSPS) is 20.1. The van der Waals surface area contributed by atoms with E-state index in [1.165, 1.54) is 5.69 Å². The summed E-state index contributed by atoms with van der Waals surface area (Å²) in [7, 11) is 0. The Labute approximate surface area is 172 Å². The Bertz CT molecular complexity index is 819. The van der Waals surface area contributed by atoms with E-state index in [0.29, 0.717) is 25.9 Å². The SMILES string of the molecule is O=C1CC[C@H](C(=O)N2CCN(c3ccccc3)CC2)CN1CCc1ccccn1. The molecule has 152 valence electrons. The maximum absolute atomic E-state index is 13.1. The van der Waals surface area contributed by atoms with Gasteiger partial charge in [-0.05, 0) is 30.7 Å². The second kappa shape index (κ2) is 9.07. The topological polar surface area (TPSA) is 56.8 Å². The molecule has 2 fully saturated rings. The second-order valence-electron chi connectivity index (χ2n) is 7.79. The van der Waals surface area contributed by atoms with E-state index in [-0.39, 0.29) is 17.7 Å². The summed E-state index contributed by atoms with van der Waals surface area (Å²) in [5.41, 5.74) is 2.19. The van der Waals surface area contributed by atoms with Crippen molar-refractivity contribution in [1.29, 1.82) is 0 Å². The Balaban J connectivity index is 1.30. The fraction of sp³-hybridized carbons (Fsp3) is 0.435. The standard InChI is InChI=1S/C23H28N4O2/c28-22-10-9-19(18-27(22)13-11-20-6-4-5-12-24-20)23(29)26-16-14-25(15-17-26)21-7-2-1-3-8-21/h1-8,12,19H,9-11,13-18H2/t19-/m0/s1. The van der Waals surface area contributed by atoms with E-state index in [1.54, 1.807) is 6.20 Å². The molecule has 0 aliphatic carbocycles. The van der Waals surface area contributed by atoms with Gasteiger partial charge in [0.2, 0.25) is 11.8 Å². The number of amides is 2. The van der Waals surface area contributed by atoms with Crippen molar-refractivity contribution in [2.45, 2.75) is 19.3 Å². The maximum atomic E-state index is 13.1. The van der Waals surface area contributed by atoms with Crippen molar-refractivity contribution in [1.82, 2.24) is 14.8 Å². The summed E-state index contributed by atoms with van der Waals surface area (Å²) >= 11 is 0. The lowest BCUT2D eigenvalue weighted by Gasteiger charge is -2.39. The van der Waals surface area contributed by atoms with Gasteiger partial charge < -0.3 is 14.7 Å². The number of likely N-dealkylation sites (tertiary alicyclic amines) is 1. The zero-order chi connectivity index (χ0) is 20.1. The van der Waals surface area contributed by atoms with Crippen molar-refractivity contribution < 1.29 is 9.59 Å². The summed E-state index contributed by atoms with van der Waals surface area (Å²) in [6, 6.07) is 16.2. The molecule has 2 amide bonds. The number of anilines is 1. The van der Waals surface area contributed by atoms with E-state index in [4.69, 9.17) is 0 Å². The molecule has 4 rings (SSSR count). The third-order valence-corrected chi connectivity index (χ3v) is 5.93. The average Bonchev–Trinajstić information content (AvgIpc) is 2.79. The van der Waals surface area contributed by atoms with E-state index < -0.39 is 0 Å². The number of para-hydroxylation sites is 1. The number of piperazine rings is 1. The molecule has 0 unspecified atom stereocenters. The number of hydrogen-bond donors (Lipinski definition) is 0. The number of rotatable bonds is 5. The lowest BCUT2D eigenvalue weighted by atomic mass is 9.95. The van der Waals surface area contributed by atoms with Crippen LogP contribution in [0.5, 0.6) is 0 Å². The second-order valence-corrected chi connectivity index (χ2v) is 7.79. The summed E-state index contributed by atoms with van der Waals surface area (Å²) in [5, 5.41) is 0. The van der Waals surface area contributed by atoms with Gasteiger partial charge >= 0.3 is 0 Å². The van der Waals surface area contributed by atoms with Crippen molar-refractivity contribution in [3.05, 3.63) is 60.4 Å². The minimum atomic E-state index is -0.0836. The third kappa shape index (κ3) is 4.75. The van der Waals surface area contributed by atoms with Crippen LogP contribution < -0.4 is 4.90 Å². The van der Waals surface area contributed by atoms with Gasteiger partial charge in [-0.25, -0.2) is 0 Å². The zero-order valence-corrected chi connectivity index (χ0v) is 16.7. The first-order valence-corrected chi connectivity index (χ1v) is 10.5. The first-order chi connectivity index (χ1) is 14.2. The number of carbonyl (C=O) groups excluding carboxylic acids is 2. The molecule has 2 saturated heterocycles. The highest BCUT2D eigenvalue weighted by Crippen LogP contribution is 2.22. The van der Waals surface area contributed by atoms with Crippen molar-refractivity contribution in [3.8, 4) is 0 Å². The number of benzene rings is 1. The molecule has 2 aromatic rings. The minimum Gasteiger partial charge on any atom is -0.368 e. The molecule has 1 aromatic heterocycles. The molecule has 2 aliphatic rings. The van der Waals surface area contributed by atoms with Crippen LogP contribution in [0.1, 0.15) is 18.5 Å². The molecular weight excluding hydrogens is 364 g/mol. The van der Waals surface area contributed by atoms with Gasteiger partial charge in [-0.3, -0.25) is 14.6 Å². The van der Waals surface area contributed by atoms with Crippen molar-refractivity contribution in [2.24, 2.45) is 5.92 Å². The van der Waals surface area contributed by atoms with Gasteiger partial charge in [0.1, 0.15) is 0 Å². The van der Waals surface area contributed by atoms with Crippen molar-refractivity contribution in [2.75, 3.05) is 44.2 Å². The highest BCUT2D eigenvalue weighted by Gasteiger charge is 2.33. The van der Waals surface area contributed by atoms with Gasteiger partial charge in [0.15, 0.2) is 0 Å². The largest absolute Gasteiger partial charge is 0.368 e. The van der Waals surface area contributed by atoms with Gasteiger partial charge in [-0.15, -0.1) is 0 Å². The molecule has 0 radical (unpaired) electrons. The van der Waals surface area contributed by atoms with E-state index in [9.17, 15) is 9.59 Å². The highest BCUT2D eigenvalue weighted by atomic mass is 16.2. The molecular formula is C23H28N4O2. The fourth-order valence-corrected chi connectivity index (χ4v) is 4.21. The molecule has 0 N–H and O–H groups in total. The average molecular weight is 393 g/mol. The molecule has 0 bridgehead atoms. The summed E-state index contributed by atoms with van der Waals surface area (Å²) in [5.74, 6) is 0.270. The number of piperidine rings is 1. The van der Waals surface area contributed by atoms with Crippen LogP contribution in [0.2, 0.25) is 0 Å². The number of pyridine rings is 1. The van der Waals surface area contributed by atoms with E-state index in [0.717, 1.165) is 38.3 Å². The van der Waals surface area contributed by atoms with Gasteiger partial charge in [0.25, 0.3) is 0 Å². The molecule has 0 saturated carbocycles. The molecule has 29 heavy (non-hydrogen) atoms. The number of nitrogens with zero attached hydrogens (tertiary/aromatic N) is 4. The predicted molar refractivity (Wildman–Crippen MR) is 112 cm³/mol. The summed E-state index contributed by atoms with van der Waals surface area (Å²) in [6.07, 6.45) is 3.62. The molecule has 0 spiro atoms. The lowest BCUT2D eigenvalue weighted by Crippen LogP contribution is -2.53. The molecule has 3 heterocycles. The van der Waals surface area contributed by atoms with Crippen molar-refractivity contribution >= 4 is 17.5 Å². The Hall–Kier alpha value is -2.89. The van der Waals surface area contributed by atoms with Gasteiger partial charge in [-0.2, -0.15) is 0 Å². The predicted octanol–water partition coefficient (Wildman–Crippen LogP) is 2.21. The molecule has 1 aromatic carbocycles. The Morgan fingerprint density at radius 1 is 1.00 bits per heavy atom. The quantitative estimate of drug-likeness (QED) is 0.783. The first kappa shape index (κ1) is 19.4. The van der Waals surface area contributed by atoms with Crippen LogP contribution in [0.25, 0.3) is 0 Å². The van der Waals surface area contributed by atoms with Crippen LogP contribution in [0.4, 0.5) is 5.69 Å². The third-order valence-electron chi connectivity index (χ3n) is 5.93. The van der Waals surface area contributed by atoms with Crippen LogP contribution in [0.3, 0.4) is 0 Å². The van der Waals surface area contributed by atoms with Crippen LogP contribution in [-0.4, -0.2) is 65.9 Å². The number of hydrogen-bond acceptors (Lipinski definition) is 4. The van der Waals surface area contributed by atoms with Crippen LogP contribution in [0, 0.1) is 5.92 Å². The smallest absolute Gasteiger partial charge is 0.227 e. The van der Waals surface area contributed by atoms with Gasteiger partial charge in [0, 0.05) is 69.7 Å². The molecule has 2 aliphatic heterocycles. The summed E-state index contributed by atoms with van der Waals surface area (Å²) in [4.78, 5) is 35.9. The Morgan fingerprint density at radius 2 is 1.76 bits per heavy atom. The molecule has 6 heteroatoms. The first-order valence-electron chi connectivity index (χ1n) is 10.5. The highest BCUT2D eigenvalue weighted by molar-refractivity contribution is 5.84. The van der Waals surface area contributed by atoms with Crippen LogP contribution in [-0.2, 0) is 16.0 Å². The number of carbonyl (C=O) groups is 2. The van der Waals surface area contributed by atoms with E-state index in [2.05, 4.69) is 22.0 Å². The maximum Gasteiger partial charge on any atom is 0.227 e. The number of aromatic nitrogens is 1. The molecule has 1 atom stereocenters. The van der Waals surface area contributed by atoms with E-state index >= 15 is 0 Å². The lowest BCUT2D eigenvalue weighted by molar-refractivity contribution is -0.143. The van der Waals surface area contributed by atoms with Crippen LogP contribution in [0.15, 0.2) is 54.7 Å². The minimum absolute atomic E-state index is 0.0836. The monoisotopic (exact) mass is 392 g/mol. The van der Waals surface area contributed by atoms with Gasteiger partial charge in [0.05, 0.1) is 5.92 Å². The van der Waals surface area contributed by atoms with Gasteiger partial charge in [-0.1, -0.05) is 24.3 Å². The summed E-state index contributed by atoms with van der Waals surface area (Å²) in [6.45, 7) is 4.35. The molecule has 6 nitrogen and oxygen atoms in total. The van der Waals surface area contributed by atoms with E-state index in [1.807, 2.05) is 46.2 Å².